The van der Waals surface area contributed by atoms with Crippen molar-refractivity contribution < 1.29 is 9.64 Å². The van der Waals surface area contributed by atoms with Crippen molar-refractivity contribution in [1.29, 1.82) is 0 Å². The minimum atomic E-state index is 0.470. The Hall–Kier alpha value is -1.63. The largest absolute Gasteiger partial charge is 0.497 e. The minimum Gasteiger partial charge on any atom is -0.497 e. The monoisotopic (exact) mass is 362 g/mol. The van der Waals surface area contributed by atoms with Crippen molar-refractivity contribution in [3.8, 4) is 5.75 Å². The molecule has 1 aromatic heterocycles. The first-order chi connectivity index (χ1) is 11.8. The van der Waals surface area contributed by atoms with E-state index >= 15 is 0 Å². The fourth-order valence-corrected chi connectivity index (χ4v) is 4.27. The van der Waals surface area contributed by atoms with Gasteiger partial charge in [0.05, 0.1) is 31.6 Å². The van der Waals surface area contributed by atoms with Gasteiger partial charge in [0, 0.05) is 24.6 Å². The molecule has 2 heterocycles. The lowest BCUT2D eigenvalue weighted by molar-refractivity contribution is -0.918. The van der Waals surface area contributed by atoms with Crippen molar-refractivity contribution in [2.45, 2.75) is 18.9 Å². The highest BCUT2D eigenvalue weighted by atomic mass is 32.1. The van der Waals surface area contributed by atoms with Crippen LogP contribution >= 0.6 is 23.6 Å². The molecule has 1 atom stereocenters. The lowest BCUT2D eigenvalue weighted by atomic mass is 10.2. The van der Waals surface area contributed by atoms with Crippen LogP contribution in [0.3, 0.4) is 0 Å². The van der Waals surface area contributed by atoms with E-state index in [4.69, 9.17) is 17.0 Å². The van der Waals surface area contributed by atoms with Gasteiger partial charge in [-0.3, -0.25) is 0 Å². The summed E-state index contributed by atoms with van der Waals surface area (Å²) in [6.07, 6.45) is 2.65. The van der Waals surface area contributed by atoms with Gasteiger partial charge < -0.3 is 20.3 Å². The van der Waals surface area contributed by atoms with Crippen molar-refractivity contribution in [2.75, 3.05) is 32.1 Å². The highest BCUT2D eigenvalue weighted by Gasteiger charge is 2.28. The normalized spacial score (nSPS) is 15.9. The Morgan fingerprint density at radius 2 is 2.12 bits per heavy atom. The lowest BCUT2D eigenvalue weighted by Crippen LogP contribution is -3.11. The SMILES string of the molecule is COc1cccc(NC(=S)NC[C@H](c2cccs2)[NH+]2CCCC2)c1. The number of nitrogens with one attached hydrogen (secondary N) is 3. The fourth-order valence-electron chi connectivity index (χ4n) is 3.18. The van der Waals surface area contributed by atoms with Gasteiger partial charge in [-0.1, -0.05) is 12.1 Å². The van der Waals surface area contributed by atoms with Crippen molar-refractivity contribution >= 4 is 34.4 Å². The van der Waals surface area contributed by atoms with Gasteiger partial charge in [-0.2, -0.15) is 0 Å². The standard InChI is InChI=1S/C18H23N3OS2/c1-22-15-7-4-6-14(12-15)20-18(23)19-13-16(17-8-5-11-24-17)21-9-2-3-10-21/h4-8,11-12,16H,2-3,9-10,13H2,1H3,(H2,19,20,23)/p+1/t16-/m1/s1. The molecule has 1 aromatic carbocycles. The topological polar surface area (TPSA) is 37.7 Å². The number of hydrogen-bond donors (Lipinski definition) is 3. The molecule has 24 heavy (non-hydrogen) atoms. The molecule has 0 radical (unpaired) electrons. The summed E-state index contributed by atoms with van der Waals surface area (Å²) >= 11 is 7.31. The molecule has 0 bridgehead atoms. The van der Waals surface area contributed by atoms with Crippen LogP contribution in [0.4, 0.5) is 5.69 Å². The van der Waals surface area contributed by atoms with Gasteiger partial charge in [0.15, 0.2) is 5.11 Å². The van der Waals surface area contributed by atoms with E-state index in [0.717, 1.165) is 18.0 Å². The molecule has 0 unspecified atom stereocenters. The lowest BCUT2D eigenvalue weighted by Gasteiger charge is -2.24. The summed E-state index contributed by atoms with van der Waals surface area (Å²) in [4.78, 5) is 3.10. The van der Waals surface area contributed by atoms with Crippen LogP contribution in [0.15, 0.2) is 41.8 Å². The second-order valence-electron chi connectivity index (χ2n) is 6.00. The molecule has 1 fully saturated rings. The van der Waals surface area contributed by atoms with E-state index in [2.05, 4.69) is 28.1 Å². The first-order valence-corrected chi connectivity index (χ1v) is 9.62. The number of rotatable bonds is 6. The Morgan fingerprint density at radius 3 is 2.83 bits per heavy atom. The second kappa shape index (κ2) is 8.46. The number of ether oxygens (including phenoxy) is 1. The van der Waals surface area contributed by atoms with Crippen molar-refractivity contribution in [1.82, 2.24) is 5.32 Å². The molecule has 6 heteroatoms. The number of likely N-dealkylation sites (tertiary alicyclic amines) is 1. The van der Waals surface area contributed by atoms with Gasteiger partial charge in [-0.05, 0) is 35.8 Å². The quantitative estimate of drug-likeness (QED) is 0.690. The van der Waals surface area contributed by atoms with Crippen LogP contribution in [0.1, 0.15) is 23.8 Å². The molecule has 1 saturated heterocycles. The average molecular weight is 363 g/mol. The van der Waals surface area contributed by atoms with Gasteiger partial charge in [-0.15, -0.1) is 11.3 Å². The van der Waals surface area contributed by atoms with E-state index < -0.39 is 0 Å². The second-order valence-corrected chi connectivity index (χ2v) is 7.39. The summed E-state index contributed by atoms with van der Waals surface area (Å²) in [6.45, 7) is 3.35. The van der Waals surface area contributed by atoms with Gasteiger partial charge in [-0.25, -0.2) is 0 Å². The number of quaternary nitrogens is 1. The molecule has 0 spiro atoms. The molecule has 1 aliphatic rings. The molecule has 128 valence electrons. The Morgan fingerprint density at radius 1 is 1.29 bits per heavy atom. The fraction of sp³-hybridized carbons (Fsp3) is 0.389. The van der Waals surface area contributed by atoms with Crippen molar-refractivity contribution in [3.05, 3.63) is 46.7 Å². The van der Waals surface area contributed by atoms with Crippen LogP contribution in [0.2, 0.25) is 0 Å². The van der Waals surface area contributed by atoms with Crippen molar-refractivity contribution in [2.24, 2.45) is 0 Å². The molecule has 0 aliphatic carbocycles. The molecule has 3 rings (SSSR count). The Labute approximate surface area is 152 Å². The van der Waals surface area contributed by atoms with E-state index in [9.17, 15) is 0 Å². The molecule has 2 aromatic rings. The maximum Gasteiger partial charge on any atom is 0.171 e. The number of hydrogen-bond acceptors (Lipinski definition) is 3. The molecular weight excluding hydrogens is 338 g/mol. The third kappa shape index (κ3) is 4.47. The molecule has 1 aliphatic heterocycles. The number of anilines is 1. The van der Waals surface area contributed by atoms with Crippen LogP contribution < -0.4 is 20.3 Å². The summed E-state index contributed by atoms with van der Waals surface area (Å²) in [5.41, 5.74) is 0.938. The molecule has 4 nitrogen and oxygen atoms in total. The summed E-state index contributed by atoms with van der Waals surface area (Å²) in [5, 5.41) is 9.45. The maximum atomic E-state index is 5.47. The molecule has 0 amide bonds. The van der Waals surface area contributed by atoms with Gasteiger partial charge in [0.2, 0.25) is 0 Å². The van der Waals surface area contributed by atoms with Crippen LogP contribution in [-0.4, -0.2) is 31.9 Å². The predicted octanol–water partition coefficient (Wildman–Crippen LogP) is 2.46. The molecular formula is C18H24N3OS2+. The highest BCUT2D eigenvalue weighted by Crippen LogP contribution is 2.18. The van der Waals surface area contributed by atoms with Crippen LogP contribution in [0.5, 0.6) is 5.75 Å². The van der Waals surface area contributed by atoms with E-state index in [1.807, 2.05) is 35.6 Å². The van der Waals surface area contributed by atoms with Gasteiger partial charge in [0.1, 0.15) is 11.8 Å². The average Bonchev–Trinajstić information content (AvgIpc) is 3.29. The Balaban J connectivity index is 1.58. The summed E-state index contributed by atoms with van der Waals surface area (Å²) < 4.78 is 5.25. The minimum absolute atomic E-state index is 0.470. The predicted molar refractivity (Wildman–Crippen MR) is 104 cm³/mol. The summed E-state index contributed by atoms with van der Waals surface area (Å²) in [5.74, 6) is 0.820. The maximum absolute atomic E-state index is 5.47. The number of thiophene rings is 1. The van der Waals surface area contributed by atoms with Crippen LogP contribution in [-0.2, 0) is 0 Å². The smallest absolute Gasteiger partial charge is 0.171 e. The van der Waals surface area contributed by atoms with Crippen LogP contribution in [0.25, 0.3) is 0 Å². The third-order valence-corrected chi connectivity index (χ3v) is 5.65. The van der Waals surface area contributed by atoms with Crippen molar-refractivity contribution in [3.63, 3.8) is 0 Å². The number of methoxy groups -OCH3 is 1. The first kappa shape index (κ1) is 17.2. The first-order valence-electron chi connectivity index (χ1n) is 8.33. The summed E-state index contributed by atoms with van der Waals surface area (Å²) in [7, 11) is 1.67. The number of benzene rings is 1. The van der Waals surface area contributed by atoms with Crippen LogP contribution in [0, 0.1) is 0 Å². The Kier molecular flexibility index (Phi) is 6.07. The molecule has 3 N–H and O–H groups in total. The zero-order chi connectivity index (χ0) is 16.8. The summed E-state index contributed by atoms with van der Waals surface area (Å²) in [6, 6.07) is 12.6. The van der Waals surface area contributed by atoms with E-state index in [-0.39, 0.29) is 0 Å². The zero-order valence-electron chi connectivity index (χ0n) is 13.9. The number of thiocarbonyl (C=S) groups is 1. The zero-order valence-corrected chi connectivity index (χ0v) is 15.5. The third-order valence-electron chi connectivity index (χ3n) is 4.42. The van der Waals surface area contributed by atoms with E-state index in [0.29, 0.717) is 11.2 Å². The Bertz CT molecular complexity index is 654. The van der Waals surface area contributed by atoms with Gasteiger partial charge in [0.25, 0.3) is 0 Å². The molecule has 0 saturated carbocycles. The van der Waals surface area contributed by atoms with E-state index in [1.54, 1.807) is 12.0 Å². The van der Waals surface area contributed by atoms with E-state index in [1.165, 1.54) is 30.8 Å². The highest BCUT2D eigenvalue weighted by molar-refractivity contribution is 7.80. The van der Waals surface area contributed by atoms with Gasteiger partial charge >= 0.3 is 0 Å².